The number of likely N-dealkylation sites (tertiary alicyclic amines) is 1. The van der Waals surface area contributed by atoms with Gasteiger partial charge in [0.1, 0.15) is 0 Å². The second-order valence-electron chi connectivity index (χ2n) is 5.71. The molecule has 1 aliphatic heterocycles. The lowest BCUT2D eigenvalue weighted by Crippen LogP contribution is -2.43. The summed E-state index contributed by atoms with van der Waals surface area (Å²) < 4.78 is 7.90. The molecule has 0 saturated carbocycles. The van der Waals surface area contributed by atoms with E-state index < -0.39 is 0 Å². The zero-order valence-corrected chi connectivity index (χ0v) is 12.8. The predicted molar refractivity (Wildman–Crippen MR) is 78.9 cm³/mol. The molecule has 2 atom stereocenters. The molecular formula is C15H23N5O. The first kappa shape index (κ1) is 14.3. The molecule has 3 rings (SSSR count). The molecule has 1 fully saturated rings. The van der Waals surface area contributed by atoms with Crippen LogP contribution in [0.15, 0.2) is 23.1 Å². The van der Waals surface area contributed by atoms with Crippen LogP contribution in [0.3, 0.4) is 0 Å². The Labute approximate surface area is 125 Å². The smallest absolute Gasteiger partial charge is 0.221 e. The summed E-state index contributed by atoms with van der Waals surface area (Å²) in [5.41, 5.74) is 0. The fraction of sp³-hybridized carbons (Fsp3) is 0.667. The maximum atomic E-state index is 5.78. The Morgan fingerprint density at radius 1 is 1.33 bits per heavy atom. The molecule has 2 aromatic heterocycles. The van der Waals surface area contributed by atoms with Gasteiger partial charge in [-0.1, -0.05) is 6.92 Å². The number of hydrogen-bond acceptors (Lipinski definition) is 5. The van der Waals surface area contributed by atoms with Gasteiger partial charge in [-0.3, -0.25) is 4.90 Å². The third-order valence-electron chi connectivity index (χ3n) is 4.43. The molecule has 114 valence electrons. The molecule has 3 heterocycles. The molecule has 0 bridgehead atoms. The molecule has 0 amide bonds. The van der Waals surface area contributed by atoms with Gasteiger partial charge in [0, 0.05) is 37.9 Å². The van der Waals surface area contributed by atoms with Gasteiger partial charge in [0.15, 0.2) is 0 Å². The van der Waals surface area contributed by atoms with E-state index in [2.05, 4.69) is 31.6 Å². The second-order valence-corrected chi connectivity index (χ2v) is 5.71. The Bertz CT molecular complexity index is 550. The highest BCUT2D eigenvalue weighted by molar-refractivity contribution is 5.00. The molecule has 0 radical (unpaired) electrons. The maximum Gasteiger partial charge on any atom is 0.221 e. The highest BCUT2D eigenvalue weighted by Gasteiger charge is 2.32. The minimum Gasteiger partial charge on any atom is -0.425 e. The highest BCUT2D eigenvalue weighted by Crippen LogP contribution is 2.31. The van der Waals surface area contributed by atoms with E-state index in [1.54, 1.807) is 0 Å². The Hall–Kier alpha value is -1.69. The van der Waals surface area contributed by atoms with Crippen molar-refractivity contribution in [3.8, 4) is 0 Å². The van der Waals surface area contributed by atoms with Crippen LogP contribution >= 0.6 is 0 Å². The third kappa shape index (κ3) is 3.15. The predicted octanol–water partition coefficient (Wildman–Crippen LogP) is 2.10. The molecule has 1 aliphatic rings. The monoisotopic (exact) mass is 289 g/mol. The SMILES string of the molecule is CCc1nnc([C@H]2CCCN(CCn3ccnc3)[C@H]2C)o1. The van der Waals surface area contributed by atoms with Crippen LogP contribution in [0.1, 0.15) is 44.4 Å². The van der Waals surface area contributed by atoms with Crippen LogP contribution in [-0.4, -0.2) is 43.8 Å². The fourth-order valence-corrected chi connectivity index (χ4v) is 3.08. The Balaban J connectivity index is 1.63. The van der Waals surface area contributed by atoms with Gasteiger partial charge in [-0.25, -0.2) is 4.98 Å². The zero-order chi connectivity index (χ0) is 14.7. The summed E-state index contributed by atoms with van der Waals surface area (Å²) >= 11 is 0. The van der Waals surface area contributed by atoms with Gasteiger partial charge in [-0.2, -0.15) is 0 Å². The molecule has 0 aliphatic carbocycles. The molecule has 0 unspecified atom stereocenters. The largest absolute Gasteiger partial charge is 0.425 e. The van der Waals surface area contributed by atoms with Crippen molar-refractivity contribution in [1.82, 2.24) is 24.6 Å². The van der Waals surface area contributed by atoms with Crippen LogP contribution in [0.4, 0.5) is 0 Å². The molecule has 0 aromatic carbocycles. The van der Waals surface area contributed by atoms with Crippen molar-refractivity contribution in [2.24, 2.45) is 0 Å². The Kier molecular flexibility index (Phi) is 4.34. The molecular weight excluding hydrogens is 266 g/mol. The van der Waals surface area contributed by atoms with Crippen LogP contribution in [0, 0.1) is 0 Å². The first-order valence-electron chi connectivity index (χ1n) is 7.80. The average molecular weight is 289 g/mol. The molecule has 6 heteroatoms. The summed E-state index contributed by atoms with van der Waals surface area (Å²) in [6.45, 7) is 7.46. The van der Waals surface area contributed by atoms with Crippen molar-refractivity contribution in [1.29, 1.82) is 0 Å². The van der Waals surface area contributed by atoms with E-state index in [0.717, 1.165) is 44.3 Å². The van der Waals surface area contributed by atoms with E-state index in [4.69, 9.17) is 4.42 Å². The van der Waals surface area contributed by atoms with Crippen molar-refractivity contribution in [3.63, 3.8) is 0 Å². The second kappa shape index (κ2) is 6.39. The van der Waals surface area contributed by atoms with Crippen LogP contribution < -0.4 is 0 Å². The van der Waals surface area contributed by atoms with Crippen LogP contribution in [0.2, 0.25) is 0 Å². The average Bonchev–Trinajstić information content (AvgIpc) is 3.17. The van der Waals surface area contributed by atoms with Gasteiger partial charge in [-0.05, 0) is 26.3 Å². The minimum absolute atomic E-state index is 0.356. The van der Waals surface area contributed by atoms with E-state index in [0.29, 0.717) is 12.0 Å². The summed E-state index contributed by atoms with van der Waals surface area (Å²) in [5.74, 6) is 1.91. The van der Waals surface area contributed by atoms with E-state index >= 15 is 0 Å². The lowest BCUT2D eigenvalue weighted by atomic mass is 9.90. The molecule has 0 N–H and O–H groups in total. The van der Waals surface area contributed by atoms with Crippen molar-refractivity contribution in [2.75, 3.05) is 13.1 Å². The minimum atomic E-state index is 0.356. The van der Waals surface area contributed by atoms with Crippen molar-refractivity contribution in [2.45, 2.75) is 51.6 Å². The molecule has 6 nitrogen and oxygen atoms in total. The number of rotatable bonds is 5. The first-order valence-corrected chi connectivity index (χ1v) is 7.80. The number of nitrogens with zero attached hydrogens (tertiary/aromatic N) is 5. The Morgan fingerprint density at radius 2 is 2.24 bits per heavy atom. The van der Waals surface area contributed by atoms with E-state index in [1.807, 2.05) is 25.6 Å². The quantitative estimate of drug-likeness (QED) is 0.843. The number of hydrogen-bond donors (Lipinski definition) is 0. The number of piperidine rings is 1. The van der Waals surface area contributed by atoms with Crippen molar-refractivity contribution >= 4 is 0 Å². The van der Waals surface area contributed by atoms with Crippen LogP contribution in [0.5, 0.6) is 0 Å². The number of aryl methyl sites for hydroxylation is 1. The van der Waals surface area contributed by atoms with Gasteiger partial charge < -0.3 is 8.98 Å². The number of aromatic nitrogens is 4. The first-order chi connectivity index (χ1) is 10.3. The van der Waals surface area contributed by atoms with E-state index in [9.17, 15) is 0 Å². The molecule has 2 aromatic rings. The van der Waals surface area contributed by atoms with E-state index in [-0.39, 0.29) is 0 Å². The molecule has 1 saturated heterocycles. The van der Waals surface area contributed by atoms with Gasteiger partial charge in [0.2, 0.25) is 11.8 Å². The fourth-order valence-electron chi connectivity index (χ4n) is 3.08. The van der Waals surface area contributed by atoms with Gasteiger partial charge in [-0.15, -0.1) is 10.2 Å². The summed E-state index contributed by atoms with van der Waals surface area (Å²) in [4.78, 5) is 6.61. The lowest BCUT2D eigenvalue weighted by molar-refractivity contribution is 0.121. The number of imidazole rings is 1. The normalized spacial score (nSPS) is 23.5. The van der Waals surface area contributed by atoms with Gasteiger partial charge >= 0.3 is 0 Å². The standard InChI is InChI=1S/C15H23N5O/c1-3-14-17-18-15(21-14)13-5-4-7-20(12(13)2)10-9-19-8-6-16-11-19/h6,8,11-13H,3-5,7,9-10H2,1-2H3/t12-,13-/m0/s1. The van der Waals surface area contributed by atoms with E-state index in [1.165, 1.54) is 6.42 Å². The topological polar surface area (TPSA) is 60.0 Å². The van der Waals surface area contributed by atoms with Gasteiger partial charge in [0.05, 0.1) is 12.2 Å². The van der Waals surface area contributed by atoms with Crippen LogP contribution in [-0.2, 0) is 13.0 Å². The zero-order valence-electron chi connectivity index (χ0n) is 12.8. The summed E-state index contributed by atoms with van der Waals surface area (Å²) in [7, 11) is 0. The highest BCUT2D eigenvalue weighted by atomic mass is 16.4. The summed E-state index contributed by atoms with van der Waals surface area (Å²) in [5, 5.41) is 8.36. The lowest BCUT2D eigenvalue weighted by Gasteiger charge is -2.37. The molecule has 0 spiro atoms. The van der Waals surface area contributed by atoms with Crippen molar-refractivity contribution < 1.29 is 4.42 Å². The summed E-state index contributed by atoms with van der Waals surface area (Å²) in [6.07, 6.45) is 8.83. The van der Waals surface area contributed by atoms with Crippen molar-refractivity contribution in [3.05, 3.63) is 30.5 Å². The summed E-state index contributed by atoms with van der Waals surface area (Å²) in [6, 6.07) is 0.437. The van der Waals surface area contributed by atoms with Gasteiger partial charge in [0.25, 0.3) is 0 Å². The third-order valence-corrected chi connectivity index (χ3v) is 4.43. The Morgan fingerprint density at radius 3 is 2.95 bits per heavy atom. The maximum absolute atomic E-state index is 5.78. The molecule has 21 heavy (non-hydrogen) atoms. The van der Waals surface area contributed by atoms with Crippen LogP contribution in [0.25, 0.3) is 0 Å².